The predicted molar refractivity (Wildman–Crippen MR) is 81.3 cm³/mol. The van der Waals surface area contributed by atoms with E-state index < -0.39 is 4.92 Å². The molecule has 1 fully saturated rings. The molecule has 0 bridgehead atoms. The number of benzene rings is 1. The van der Waals surface area contributed by atoms with Crippen LogP contribution in [0.15, 0.2) is 40.8 Å². The smallest absolute Gasteiger partial charge is 0.280 e. The lowest BCUT2D eigenvalue weighted by Gasteiger charge is -2.29. The zero-order valence-electron chi connectivity index (χ0n) is 12.1. The molecule has 1 aliphatic rings. The van der Waals surface area contributed by atoms with Gasteiger partial charge in [-0.15, -0.1) is 0 Å². The largest absolute Gasteiger partial charge is 0.459 e. The van der Waals surface area contributed by atoms with Crippen LogP contribution in [0.4, 0.5) is 5.69 Å². The highest BCUT2D eigenvalue weighted by Crippen LogP contribution is 2.31. The molecule has 0 amide bonds. The topological polar surface area (TPSA) is 79.8 Å². The molecule has 1 aromatic carbocycles. The molecule has 1 aliphatic heterocycles. The van der Waals surface area contributed by atoms with Gasteiger partial charge in [0.1, 0.15) is 11.5 Å². The highest BCUT2D eigenvalue weighted by atomic mass is 16.6. The fraction of sp³-hybridized carbons (Fsp3) is 0.375. The average molecular weight is 302 g/mol. The molecule has 0 aliphatic carbocycles. The van der Waals surface area contributed by atoms with Gasteiger partial charge in [-0.1, -0.05) is 12.1 Å². The molecule has 1 N–H and O–H groups in total. The van der Waals surface area contributed by atoms with Gasteiger partial charge in [-0.05, 0) is 37.6 Å². The van der Waals surface area contributed by atoms with Crippen molar-refractivity contribution in [3.63, 3.8) is 0 Å². The molecule has 0 spiro atoms. The predicted octanol–water partition coefficient (Wildman–Crippen LogP) is 2.81. The number of aliphatic hydroxyl groups is 1. The van der Waals surface area contributed by atoms with Crippen LogP contribution in [-0.4, -0.2) is 34.1 Å². The standard InChI is InChI=1S/C16H18N2O4/c19-12-4-3-9-17(10-12)11-13-7-8-16(22-13)14-5-1-2-6-15(14)18(20)21/h1-2,5-8,12,19H,3-4,9-11H2. The number of piperidine rings is 1. The molecule has 2 heterocycles. The molecule has 1 saturated heterocycles. The summed E-state index contributed by atoms with van der Waals surface area (Å²) in [6.07, 6.45) is 1.54. The van der Waals surface area contributed by atoms with Crippen molar-refractivity contribution in [2.24, 2.45) is 0 Å². The van der Waals surface area contributed by atoms with E-state index in [1.165, 1.54) is 6.07 Å². The summed E-state index contributed by atoms with van der Waals surface area (Å²) in [5.74, 6) is 1.25. The average Bonchev–Trinajstić information content (AvgIpc) is 2.95. The van der Waals surface area contributed by atoms with Crippen LogP contribution in [0.25, 0.3) is 11.3 Å². The van der Waals surface area contributed by atoms with Crippen molar-refractivity contribution < 1.29 is 14.4 Å². The van der Waals surface area contributed by atoms with Crippen LogP contribution in [0.3, 0.4) is 0 Å². The second-order valence-electron chi connectivity index (χ2n) is 5.57. The minimum absolute atomic E-state index is 0.0387. The molecule has 116 valence electrons. The monoisotopic (exact) mass is 302 g/mol. The molecule has 1 unspecified atom stereocenters. The Balaban J connectivity index is 1.78. The number of β-amino-alcohol motifs (C(OH)–C–C–N with tert-alkyl or cyclic N) is 1. The van der Waals surface area contributed by atoms with Crippen molar-refractivity contribution in [3.05, 3.63) is 52.3 Å². The molecule has 1 aromatic heterocycles. The second-order valence-corrected chi connectivity index (χ2v) is 5.57. The maximum atomic E-state index is 11.1. The molecule has 0 radical (unpaired) electrons. The molecule has 22 heavy (non-hydrogen) atoms. The first-order valence-corrected chi connectivity index (χ1v) is 7.36. The lowest BCUT2D eigenvalue weighted by Crippen LogP contribution is -2.37. The van der Waals surface area contributed by atoms with Crippen LogP contribution in [-0.2, 0) is 6.54 Å². The third kappa shape index (κ3) is 3.18. The van der Waals surface area contributed by atoms with Crippen LogP contribution in [0.5, 0.6) is 0 Å². The van der Waals surface area contributed by atoms with Gasteiger partial charge in [-0.25, -0.2) is 0 Å². The molecule has 1 atom stereocenters. The maximum Gasteiger partial charge on any atom is 0.280 e. The minimum Gasteiger partial charge on any atom is -0.459 e. The third-order valence-electron chi connectivity index (χ3n) is 3.89. The zero-order chi connectivity index (χ0) is 15.5. The SMILES string of the molecule is O=[N+]([O-])c1ccccc1-c1ccc(CN2CCCC(O)C2)o1. The Hall–Kier alpha value is -2.18. The first kappa shape index (κ1) is 14.7. The van der Waals surface area contributed by atoms with Gasteiger partial charge >= 0.3 is 0 Å². The summed E-state index contributed by atoms with van der Waals surface area (Å²) in [6, 6.07) is 10.2. The summed E-state index contributed by atoms with van der Waals surface area (Å²) in [4.78, 5) is 12.8. The molecule has 2 aromatic rings. The molecular weight excluding hydrogens is 284 g/mol. The number of nitrogens with zero attached hydrogens (tertiary/aromatic N) is 2. The van der Waals surface area contributed by atoms with E-state index in [1.807, 2.05) is 6.07 Å². The minimum atomic E-state index is -0.404. The van der Waals surface area contributed by atoms with Crippen molar-refractivity contribution in [1.82, 2.24) is 4.90 Å². The van der Waals surface area contributed by atoms with Crippen LogP contribution in [0.2, 0.25) is 0 Å². The summed E-state index contributed by atoms with van der Waals surface area (Å²) in [5.41, 5.74) is 0.522. The summed E-state index contributed by atoms with van der Waals surface area (Å²) < 4.78 is 5.77. The van der Waals surface area contributed by atoms with Gasteiger partial charge in [0, 0.05) is 12.6 Å². The third-order valence-corrected chi connectivity index (χ3v) is 3.89. The van der Waals surface area contributed by atoms with Crippen molar-refractivity contribution >= 4 is 5.69 Å². The van der Waals surface area contributed by atoms with E-state index in [1.54, 1.807) is 24.3 Å². The van der Waals surface area contributed by atoms with E-state index >= 15 is 0 Å². The number of nitro groups is 1. The van der Waals surface area contributed by atoms with E-state index in [9.17, 15) is 15.2 Å². The number of hydrogen-bond acceptors (Lipinski definition) is 5. The van der Waals surface area contributed by atoms with E-state index in [2.05, 4.69) is 4.90 Å². The lowest BCUT2D eigenvalue weighted by atomic mass is 10.1. The number of hydrogen-bond donors (Lipinski definition) is 1. The van der Waals surface area contributed by atoms with Crippen molar-refractivity contribution in [1.29, 1.82) is 0 Å². The van der Waals surface area contributed by atoms with E-state index in [-0.39, 0.29) is 11.8 Å². The van der Waals surface area contributed by atoms with Crippen LogP contribution in [0.1, 0.15) is 18.6 Å². The molecule has 6 nitrogen and oxygen atoms in total. The van der Waals surface area contributed by atoms with E-state index in [0.717, 1.165) is 25.1 Å². The number of aliphatic hydroxyl groups excluding tert-OH is 1. The first-order valence-electron chi connectivity index (χ1n) is 7.36. The quantitative estimate of drug-likeness (QED) is 0.694. The molecule has 6 heteroatoms. The van der Waals surface area contributed by atoms with E-state index in [4.69, 9.17) is 4.42 Å². The van der Waals surface area contributed by atoms with Crippen LogP contribution >= 0.6 is 0 Å². The fourth-order valence-corrected chi connectivity index (χ4v) is 2.84. The summed E-state index contributed by atoms with van der Waals surface area (Å²) >= 11 is 0. The van der Waals surface area contributed by atoms with Gasteiger partial charge in [-0.3, -0.25) is 15.0 Å². The summed E-state index contributed by atoms with van der Waals surface area (Å²) in [7, 11) is 0. The van der Waals surface area contributed by atoms with Gasteiger partial charge in [0.25, 0.3) is 5.69 Å². The Morgan fingerprint density at radius 1 is 1.32 bits per heavy atom. The first-order chi connectivity index (χ1) is 10.6. The number of rotatable bonds is 4. The van der Waals surface area contributed by atoms with Crippen molar-refractivity contribution in [2.45, 2.75) is 25.5 Å². The Labute approximate surface area is 128 Å². The van der Waals surface area contributed by atoms with Gasteiger partial charge < -0.3 is 9.52 Å². The Bertz CT molecular complexity index is 668. The fourth-order valence-electron chi connectivity index (χ4n) is 2.84. The number of nitro benzene ring substituents is 1. The highest BCUT2D eigenvalue weighted by molar-refractivity contribution is 5.69. The number of para-hydroxylation sites is 1. The van der Waals surface area contributed by atoms with Gasteiger partial charge in [0.15, 0.2) is 0 Å². The second kappa shape index (κ2) is 6.29. The maximum absolute atomic E-state index is 11.1. The molecule has 0 saturated carbocycles. The summed E-state index contributed by atoms with van der Waals surface area (Å²) in [5, 5.41) is 20.8. The Morgan fingerprint density at radius 3 is 2.91 bits per heavy atom. The highest BCUT2D eigenvalue weighted by Gasteiger charge is 2.20. The number of likely N-dealkylation sites (tertiary alicyclic amines) is 1. The van der Waals surface area contributed by atoms with E-state index in [0.29, 0.717) is 24.4 Å². The van der Waals surface area contributed by atoms with Crippen molar-refractivity contribution in [2.75, 3.05) is 13.1 Å². The van der Waals surface area contributed by atoms with Crippen LogP contribution < -0.4 is 0 Å². The van der Waals surface area contributed by atoms with Crippen LogP contribution in [0, 0.1) is 10.1 Å². The van der Waals surface area contributed by atoms with Gasteiger partial charge in [-0.2, -0.15) is 0 Å². The normalized spacial score (nSPS) is 19.2. The Kier molecular flexibility index (Phi) is 4.22. The Morgan fingerprint density at radius 2 is 2.14 bits per heavy atom. The lowest BCUT2D eigenvalue weighted by molar-refractivity contribution is -0.384. The summed E-state index contributed by atoms with van der Waals surface area (Å²) in [6.45, 7) is 2.18. The number of furan rings is 1. The van der Waals surface area contributed by atoms with Gasteiger partial charge in [0.05, 0.1) is 23.1 Å². The van der Waals surface area contributed by atoms with Gasteiger partial charge in [0.2, 0.25) is 0 Å². The van der Waals surface area contributed by atoms with Crippen molar-refractivity contribution in [3.8, 4) is 11.3 Å². The molecule has 3 rings (SSSR count). The zero-order valence-corrected chi connectivity index (χ0v) is 12.1. The molecular formula is C16H18N2O4.